The Morgan fingerprint density at radius 2 is 2.35 bits per heavy atom. The first kappa shape index (κ1) is 14.4. The summed E-state index contributed by atoms with van der Waals surface area (Å²) < 4.78 is 5.12. The van der Waals surface area contributed by atoms with Crippen molar-refractivity contribution in [3.63, 3.8) is 0 Å². The van der Waals surface area contributed by atoms with Crippen molar-refractivity contribution in [2.24, 2.45) is 0 Å². The SMILES string of the molecule is CCCC1(C(=O)O)CCCN1C(=O)/C=C/c1ccco1. The highest BCUT2D eigenvalue weighted by Crippen LogP contribution is 2.34. The second kappa shape index (κ2) is 5.94. The van der Waals surface area contributed by atoms with Crippen LogP contribution >= 0.6 is 0 Å². The van der Waals surface area contributed by atoms with Gasteiger partial charge in [0.1, 0.15) is 11.3 Å². The van der Waals surface area contributed by atoms with E-state index in [4.69, 9.17) is 4.42 Å². The van der Waals surface area contributed by atoms with Crippen molar-refractivity contribution in [1.29, 1.82) is 0 Å². The van der Waals surface area contributed by atoms with Crippen molar-refractivity contribution < 1.29 is 19.1 Å². The highest BCUT2D eigenvalue weighted by Gasteiger charge is 2.48. The summed E-state index contributed by atoms with van der Waals surface area (Å²) in [4.78, 5) is 25.4. The van der Waals surface area contributed by atoms with Crippen LogP contribution in [0, 0.1) is 0 Å². The molecule has 1 atom stereocenters. The van der Waals surface area contributed by atoms with E-state index in [1.54, 1.807) is 18.2 Å². The average molecular weight is 277 g/mol. The molecule has 0 aromatic carbocycles. The number of amides is 1. The molecule has 0 aliphatic carbocycles. The molecule has 2 rings (SSSR count). The summed E-state index contributed by atoms with van der Waals surface area (Å²) in [5.74, 6) is -0.597. The van der Waals surface area contributed by atoms with Gasteiger partial charge in [0, 0.05) is 12.6 Å². The van der Waals surface area contributed by atoms with Gasteiger partial charge in [-0.3, -0.25) is 4.79 Å². The van der Waals surface area contributed by atoms with Crippen molar-refractivity contribution in [3.8, 4) is 0 Å². The van der Waals surface area contributed by atoms with Gasteiger partial charge in [0.2, 0.25) is 5.91 Å². The second-order valence-electron chi connectivity index (χ2n) is 5.03. The monoisotopic (exact) mass is 277 g/mol. The number of hydrogen-bond acceptors (Lipinski definition) is 3. The number of rotatable bonds is 5. The summed E-state index contributed by atoms with van der Waals surface area (Å²) in [6.45, 7) is 2.43. The maximum Gasteiger partial charge on any atom is 0.329 e. The van der Waals surface area contributed by atoms with E-state index in [1.165, 1.54) is 17.2 Å². The Bertz CT molecular complexity index is 506. The lowest BCUT2D eigenvalue weighted by atomic mass is 9.90. The van der Waals surface area contributed by atoms with Gasteiger partial charge in [0.05, 0.1) is 6.26 Å². The van der Waals surface area contributed by atoms with E-state index in [1.807, 2.05) is 6.92 Å². The fraction of sp³-hybridized carbons (Fsp3) is 0.467. The lowest BCUT2D eigenvalue weighted by Gasteiger charge is -2.34. The first-order chi connectivity index (χ1) is 9.60. The predicted octanol–water partition coefficient (Wildman–Crippen LogP) is 2.54. The second-order valence-corrected chi connectivity index (χ2v) is 5.03. The molecule has 20 heavy (non-hydrogen) atoms. The first-order valence-electron chi connectivity index (χ1n) is 6.87. The zero-order valence-electron chi connectivity index (χ0n) is 11.5. The van der Waals surface area contributed by atoms with Gasteiger partial charge >= 0.3 is 5.97 Å². The summed E-state index contributed by atoms with van der Waals surface area (Å²) >= 11 is 0. The number of likely N-dealkylation sites (tertiary alicyclic amines) is 1. The molecule has 1 unspecified atom stereocenters. The molecule has 5 nitrogen and oxygen atoms in total. The molecule has 1 N–H and O–H groups in total. The zero-order valence-corrected chi connectivity index (χ0v) is 11.5. The summed E-state index contributed by atoms with van der Waals surface area (Å²) in [6.07, 6.45) is 6.96. The van der Waals surface area contributed by atoms with Crippen molar-refractivity contribution in [3.05, 3.63) is 30.2 Å². The molecule has 0 spiro atoms. The largest absolute Gasteiger partial charge is 0.479 e. The molecule has 1 aliphatic rings. The van der Waals surface area contributed by atoms with Crippen LogP contribution in [0.4, 0.5) is 0 Å². The Morgan fingerprint density at radius 1 is 1.55 bits per heavy atom. The maximum absolute atomic E-state index is 12.3. The number of furan rings is 1. The number of aliphatic carboxylic acids is 1. The lowest BCUT2D eigenvalue weighted by molar-refractivity contribution is -0.155. The maximum atomic E-state index is 12.3. The van der Waals surface area contributed by atoms with Crippen LogP contribution < -0.4 is 0 Å². The van der Waals surface area contributed by atoms with Gasteiger partial charge < -0.3 is 14.4 Å². The van der Waals surface area contributed by atoms with Crippen molar-refractivity contribution in [2.45, 2.75) is 38.1 Å². The van der Waals surface area contributed by atoms with Crippen LogP contribution in [0.5, 0.6) is 0 Å². The van der Waals surface area contributed by atoms with E-state index in [9.17, 15) is 14.7 Å². The Balaban J connectivity index is 2.17. The normalized spacial score (nSPS) is 22.6. The van der Waals surface area contributed by atoms with Gasteiger partial charge in [0.25, 0.3) is 0 Å². The number of hydrogen-bond donors (Lipinski definition) is 1. The fourth-order valence-corrected chi connectivity index (χ4v) is 2.83. The summed E-state index contributed by atoms with van der Waals surface area (Å²) in [7, 11) is 0. The van der Waals surface area contributed by atoms with Gasteiger partial charge in [0.15, 0.2) is 0 Å². The van der Waals surface area contributed by atoms with Gasteiger partial charge in [-0.25, -0.2) is 4.79 Å². The van der Waals surface area contributed by atoms with E-state index in [0.29, 0.717) is 25.1 Å². The third kappa shape index (κ3) is 2.61. The third-order valence-corrected chi connectivity index (χ3v) is 3.75. The molecule has 1 aromatic heterocycles. The Hall–Kier alpha value is -2.04. The Labute approximate surface area is 117 Å². The van der Waals surface area contributed by atoms with E-state index in [2.05, 4.69) is 0 Å². The summed E-state index contributed by atoms with van der Waals surface area (Å²) in [5, 5.41) is 9.53. The Kier molecular flexibility index (Phi) is 4.27. The molecule has 5 heteroatoms. The average Bonchev–Trinajstić information content (AvgIpc) is 3.06. The van der Waals surface area contributed by atoms with Crippen molar-refractivity contribution in [1.82, 2.24) is 4.90 Å². The van der Waals surface area contributed by atoms with Crippen molar-refractivity contribution in [2.75, 3.05) is 6.54 Å². The molecule has 1 saturated heterocycles. The number of carboxylic acid groups (broad SMARTS) is 1. The van der Waals surface area contributed by atoms with Gasteiger partial charge in [-0.2, -0.15) is 0 Å². The highest BCUT2D eigenvalue weighted by molar-refractivity contribution is 5.96. The molecule has 0 saturated carbocycles. The molecule has 1 amide bonds. The number of carbonyl (C=O) groups is 2. The molecule has 1 aliphatic heterocycles. The lowest BCUT2D eigenvalue weighted by Crippen LogP contribution is -2.52. The smallest absolute Gasteiger partial charge is 0.329 e. The van der Waals surface area contributed by atoms with Crippen LogP contribution in [0.2, 0.25) is 0 Å². The van der Waals surface area contributed by atoms with Crippen LogP contribution in [0.1, 0.15) is 38.4 Å². The van der Waals surface area contributed by atoms with E-state index in [-0.39, 0.29) is 5.91 Å². The Morgan fingerprint density at radius 3 is 2.95 bits per heavy atom. The fourth-order valence-electron chi connectivity index (χ4n) is 2.83. The topological polar surface area (TPSA) is 70.8 Å². The van der Waals surface area contributed by atoms with Crippen LogP contribution in [-0.4, -0.2) is 34.0 Å². The molecule has 1 aromatic rings. The van der Waals surface area contributed by atoms with Gasteiger partial charge in [-0.05, 0) is 37.5 Å². The molecular weight excluding hydrogens is 258 g/mol. The standard InChI is InChI=1S/C15H19NO4/c1-2-8-15(14(18)19)9-4-10-16(15)13(17)7-6-12-5-3-11-20-12/h3,5-7,11H,2,4,8-10H2,1H3,(H,18,19)/b7-6+. The van der Waals surface area contributed by atoms with Crippen molar-refractivity contribution >= 4 is 18.0 Å². The number of carbonyl (C=O) groups excluding carboxylic acids is 1. The molecular formula is C15H19NO4. The molecule has 0 radical (unpaired) electrons. The first-order valence-corrected chi connectivity index (χ1v) is 6.87. The quantitative estimate of drug-likeness (QED) is 0.840. The molecule has 2 heterocycles. The number of carboxylic acids is 1. The van der Waals surface area contributed by atoms with Crippen LogP contribution in [0.3, 0.4) is 0 Å². The van der Waals surface area contributed by atoms with E-state index >= 15 is 0 Å². The molecule has 1 fully saturated rings. The zero-order chi connectivity index (χ0) is 14.6. The molecule has 108 valence electrons. The van der Waals surface area contributed by atoms with Gasteiger partial charge in [-0.1, -0.05) is 13.3 Å². The van der Waals surface area contributed by atoms with Crippen LogP contribution in [0.15, 0.2) is 28.9 Å². The summed E-state index contributed by atoms with van der Waals surface area (Å²) in [6, 6.07) is 3.48. The third-order valence-electron chi connectivity index (χ3n) is 3.75. The predicted molar refractivity (Wildman–Crippen MR) is 74.0 cm³/mol. The summed E-state index contributed by atoms with van der Waals surface area (Å²) in [5.41, 5.74) is -1.04. The minimum atomic E-state index is -1.04. The minimum Gasteiger partial charge on any atom is -0.479 e. The van der Waals surface area contributed by atoms with Crippen LogP contribution in [-0.2, 0) is 9.59 Å². The van der Waals surface area contributed by atoms with E-state index in [0.717, 1.165) is 12.8 Å². The minimum absolute atomic E-state index is 0.269. The molecule has 0 bridgehead atoms. The van der Waals surface area contributed by atoms with Gasteiger partial charge in [-0.15, -0.1) is 0 Å². The van der Waals surface area contributed by atoms with E-state index < -0.39 is 11.5 Å². The number of nitrogens with zero attached hydrogens (tertiary/aromatic N) is 1. The highest BCUT2D eigenvalue weighted by atomic mass is 16.4. The van der Waals surface area contributed by atoms with Crippen LogP contribution in [0.25, 0.3) is 6.08 Å².